The number of sulfonamides is 1. The van der Waals surface area contributed by atoms with Gasteiger partial charge in [0, 0.05) is 25.2 Å². The Morgan fingerprint density at radius 1 is 1.26 bits per heavy atom. The van der Waals surface area contributed by atoms with Crippen LogP contribution >= 0.6 is 0 Å². The lowest BCUT2D eigenvalue weighted by Gasteiger charge is -2.29. The number of carbonyl (C=O) groups is 1. The van der Waals surface area contributed by atoms with Gasteiger partial charge in [-0.2, -0.15) is 0 Å². The highest BCUT2D eigenvalue weighted by Crippen LogP contribution is 2.29. The lowest BCUT2D eigenvalue weighted by Crippen LogP contribution is -2.37. The highest BCUT2D eigenvalue weighted by molar-refractivity contribution is 7.88. The molecule has 0 radical (unpaired) electrons. The van der Waals surface area contributed by atoms with E-state index in [1.54, 1.807) is 12.4 Å². The SMILES string of the molecule is C[C@@H]1CN(c2cncc(C3CCN(S(C)(=O)=O)CC3)n2)C(=O)O1. The van der Waals surface area contributed by atoms with E-state index in [1.807, 2.05) is 6.92 Å². The van der Waals surface area contributed by atoms with Crippen molar-refractivity contribution in [2.24, 2.45) is 0 Å². The van der Waals surface area contributed by atoms with E-state index >= 15 is 0 Å². The van der Waals surface area contributed by atoms with Crippen LogP contribution in [0.2, 0.25) is 0 Å². The minimum Gasteiger partial charge on any atom is -0.444 e. The molecule has 0 spiro atoms. The second-order valence-electron chi connectivity index (χ2n) is 6.04. The highest BCUT2D eigenvalue weighted by atomic mass is 32.2. The van der Waals surface area contributed by atoms with Crippen molar-refractivity contribution in [2.75, 3.05) is 30.8 Å². The Kier molecular flexibility index (Phi) is 4.24. The molecule has 0 unspecified atom stereocenters. The normalized spacial score (nSPS) is 24.0. The van der Waals surface area contributed by atoms with Crippen molar-refractivity contribution >= 4 is 21.9 Å². The van der Waals surface area contributed by atoms with Crippen molar-refractivity contribution in [2.45, 2.75) is 31.8 Å². The summed E-state index contributed by atoms with van der Waals surface area (Å²) in [4.78, 5) is 22.0. The highest BCUT2D eigenvalue weighted by Gasteiger charge is 2.32. The molecule has 0 N–H and O–H groups in total. The van der Waals surface area contributed by atoms with Gasteiger partial charge in [-0.3, -0.25) is 9.88 Å². The van der Waals surface area contributed by atoms with Crippen LogP contribution in [0.25, 0.3) is 0 Å². The van der Waals surface area contributed by atoms with Gasteiger partial charge in [-0.1, -0.05) is 0 Å². The molecule has 23 heavy (non-hydrogen) atoms. The molecular weight excluding hydrogens is 320 g/mol. The van der Waals surface area contributed by atoms with Crippen LogP contribution < -0.4 is 4.90 Å². The van der Waals surface area contributed by atoms with E-state index < -0.39 is 16.1 Å². The summed E-state index contributed by atoms with van der Waals surface area (Å²) in [6, 6.07) is 0. The summed E-state index contributed by atoms with van der Waals surface area (Å²) in [6.07, 6.45) is 5.30. The number of cyclic esters (lactones) is 1. The van der Waals surface area contributed by atoms with Crippen molar-refractivity contribution in [3.63, 3.8) is 0 Å². The third-order valence-corrected chi connectivity index (χ3v) is 5.52. The van der Waals surface area contributed by atoms with Crippen LogP contribution in [0.1, 0.15) is 31.4 Å². The summed E-state index contributed by atoms with van der Waals surface area (Å²) in [5.41, 5.74) is 0.794. The molecule has 3 rings (SSSR count). The Balaban J connectivity index is 1.73. The number of carbonyl (C=O) groups excluding carboxylic acids is 1. The van der Waals surface area contributed by atoms with Crippen LogP contribution in [0, 0.1) is 0 Å². The first-order valence-corrected chi connectivity index (χ1v) is 9.44. The van der Waals surface area contributed by atoms with Crippen molar-refractivity contribution in [3.05, 3.63) is 18.1 Å². The van der Waals surface area contributed by atoms with Gasteiger partial charge in [-0.05, 0) is 19.8 Å². The van der Waals surface area contributed by atoms with Crippen LogP contribution in [-0.4, -0.2) is 60.8 Å². The van der Waals surface area contributed by atoms with E-state index in [-0.39, 0.29) is 12.0 Å². The molecule has 0 saturated carbocycles. The molecule has 2 aliphatic rings. The summed E-state index contributed by atoms with van der Waals surface area (Å²) >= 11 is 0. The van der Waals surface area contributed by atoms with E-state index in [0.29, 0.717) is 38.3 Å². The monoisotopic (exact) mass is 340 g/mol. The zero-order valence-corrected chi connectivity index (χ0v) is 14.0. The van der Waals surface area contributed by atoms with E-state index in [1.165, 1.54) is 15.5 Å². The third kappa shape index (κ3) is 3.45. The smallest absolute Gasteiger partial charge is 0.415 e. The Bertz CT molecular complexity index is 700. The first-order chi connectivity index (χ1) is 10.8. The van der Waals surface area contributed by atoms with Crippen LogP contribution in [0.3, 0.4) is 0 Å². The topological polar surface area (TPSA) is 92.7 Å². The van der Waals surface area contributed by atoms with E-state index in [4.69, 9.17) is 4.74 Å². The lowest BCUT2D eigenvalue weighted by molar-refractivity contribution is 0.150. The second kappa shape index (κ2) is 6.04. The fourth-order valence-corrected chi connectivity index (χ4v) is 3.85. The van der Waals surface area contributed by atoms with E-state index in [9.17, 15) is 13.2 Å². The van der Waals surface area contributed by atoms with Gasteiger partial charge in [0.1, 0.15) is 6.10 Å². The Morgan fingerprint density at radius 2 is 1.96 bits per heavy atom. The average molecular weight is 340 g/mol. The number of aromatic nitrogens is 2. The van der Waals surface area contributed by atoms with Crippen LogP contribution in [0.15, 0.2) is 12.4 Å². The molecule has 1 aromatic heterocycles. The molecule has 0 aromatic carbocycles. The van der Waals surface area contributed by atoms with Crippen molar-refractivity contribution in [3.8, 4) is 0 Å². The quantitative estimate of drug-likeness (QED) is 0.814. The fraction of sp³-hybridized carbons (Fsp3) is 0.643. The molecule has 3 heterocycles. The molecule has 2 aliphatic heterocycles. The number of rotatable bonds is 3. The largest absolute Gasteiger partial charge is 0.444 e. The van der Waals surface area contributed by atoms with E-state index in [2.05, 4.69) is 9.97 Å². The number of piperidine rings is 1. The number of amides is 1. The van der Waals surface area contributed by atoms with Gasteiger partial charge in [0.05, 0.1) is 24.7 Å². The average Bonchev–Trinajstić information content (AvgIpc) is 2.85. The maximum Gasteiger partial charge on any atom is 0.415 e. The summed E-state index contributed by atoms with van der Waals surface area (Å²) in [5.74, 6) is 0.638. The van der Waals surface area contributed by atoms with Crippen LogP contribution in [0.5, 0.6) is 0 Å². The Labute approximate surface area is 135 Å². The molecule has 0 bridgehead atoms. The minimum atomic E-state index is -3.14. The summed E-state index contributed by atoms with van der Waals surface area (Å²) in [7, 11) is -3.14. The lowest BCUT2D eigenvalue weighted by atomic mass is 9.95. The maximum absolute atomic E-state index is 11.8. The first kappa shape index (κ1) is 16.1. The predicted molar refractivity (Wildman–Crippen MR) is 83.7 cm³/mol. The molecule has 2 saturated heterocycles. The van der Waals surface area contributed by atoms with Crippen LogP contribution in [-0.2, 0) is 14.8 Å². The molecule has 1 atom stereocenters. The third-order valence-electron chi connectivity index (χ3n) is 4.22. The summed E-state index contributed by atoms with van der Waals surface area (Å²) in [5, 5.41) is 0. The molecule has 9 heteroatoms. The fourth-order valence-electron chi connectivity index (χ4n) is 2.97. The number of anilines is 1. The minimum absolute atomic E-state index is 0.150. The molecule has 126 valence electrons. The van der Waals surface area contributed by atoms with Crippen molar-refractivity contribution < 1.29 is 17.9 Å². The number of ether oxygens (including phenoxy) is 1. The number of hydrogen-bond donors (Lipinski definition) is 0. The summed E-state index contributed by atoms with van der Waals surface area (Å²) in [6.45, 7) is 3.26. The molecular formula is C14H20N4O4S. The van der Waals surface area contributed by atoms with Gasteiger partial charge in [0.2, 0.25) is 10.0 Å². The van der Waals surface area contributed by atoms with Gasteiger partial charge >= 0.3 is 6.09 Å². The van der Waals surface area contributed by atoms with Crippen molar-refractivity contribution in [1.29, 1.82) is 0 Å². The number of nitrogens with zero attached hydrogens (tertiary/aromatic N) is 4. The van der Waals surface area contributed by atoms with Gasteiger partial charge in [-0.25, -0.2) is 22.5 Å². The molecule has 1 amide bonds. The zero-order chi connectivity index (χ0) is 16.6. The number of hydrogen-bond acceptors (Lipinski definition) is 6. The van der Waals surface area contributed by atoms with Gasteiger partial charge in [-0.15, -0.1) is 0 Å². The molecule has 0 aliphatic carbocycles. The van der Waals surface area contributed by atoms with Gasteiger partial charge in [0.15, 0.2) is 5.82 Å². The molecule has 2 fully saturated rings. The Hall–Kier alpha value is -1.74. The van der Waals surface area contributed by atoms with Crippen molar-refractivity contribution in [1.82, 2.24) is 14.3 Å². The predicted octanol–water partition coefficient (Wildman–Crippen LogP) is 0.961. The molecule has 1 aromatic rings. The second-order valence-corrected chi connectivity index (χ2v) is 8.03. The maximum atomic E-state index is 11.8. The zero-order valence-electron chi connectivity index (χ0n) is 13.2. The van der Waals surface area contributed by atoms with Gasteiger partial charge in [0.25, 0.3) is 0 Å². The van der Waals surface area contributed by atoms with E-state index in [0.717, 1.165) is 5.69 Å². The standard InChI is InChI=1S/C14H20N4O4S/c1-10-9-18(14(19)22-10)13-8-15-7-12(16-13)11-3-5-17(6-4-11)23(2,20)21/h7-8,10-11H,3-6,9H2,1-2H3/t10-/m1/s1. The molecule has 8 nitrogen and oxygen atoms in total. The van der Waals surface area contributed by atoms with Gasteiger partial charge < -0.3 is 4.74 Å². The summed E-state index contributed by atoms with van der Waals surface area (Å²) < 4.78 is 29.7. The van der Waals surface area contributed by atoms with Crippen LogP contribution in [0.4, 0.5) is 10.6 Å². The first-order valence-electron chi connectivity index (χ1n) is 7.60. The Morgan fingerprint density at radius 3 is 2.52 bits per heavy atom.